The van der Waals surface area contributed by atoms with E-state index in [-0.39, 0.29) is 5.41 Å². The summed E-state index contributed by atoms with van der Waals surface area (Å²) in [5, 5.41) is 0. The summed E-state index contributed by atoms with van der Waals surface area (Å²) in [5.41, 5.74) is 2.26. The Bertz CT molecular complexity index is 754. The lowest BCUT2D eigenvalue weighted by molar-refractivity contribution is -0.238. The molecule has 0 bridgehead atoms. The van der Waals surface area contributed by atoms with Gasteiger partial charge in [-0.05, 0) is 121 Å². The number of terminal acetylenes is 1. The Balaban J connectivity index is 1.55. The Morgan fingerprint density at radius 3 is 2.13 bits per heavy atom. The SMILES string of the molecule is C#CC12CCC(C)C1C1CCC3C4(C)CCC(C)C(C)(C)C4CCC3(C)C1(C)CC2. The molecule has 0 spiro atoms. The van der Waals surface area contributed by atoms with Gasteiger partial charge in [0.25, 0.3) is 0 Å². The fraction of sp³-hybridized carbons (Fsp3) is 0.933. The summed E-state index contributed by atoms with van der Waals surface area (Å²) < 4.78 is 0. The molecule has 0 aromatic rings. The largest absolute Gasteiger partial charge is 0.120 e. The summed E-state index contributed by atoms with van der Waals surface area (Å²) in [6.07, 6.45) is 20.4. The van der Waals surface area contributed by atoms with Crippen LogP contribution in [0.25, 0.3) is 0 Å². The summed E-state index contributed by atoms with van der Waals surface area (Å²) in [4.78, 5) is 0. The Morgan fingerprint density at radius 1 is 0.700 bits per heavy atom. The van der Waals surface area contributed by atoms with Gasteiger partial charge in [-0.3, -0.25) is 0 Å². The molecular formula is C30H48. The third kappa shape index (κ3) is 2.32. The van der Waals surface area contributed by atoms with Crippen molar-refractivity contribution in [1.29, 1.82) is 0 Å². The third-order valence-corrected chi connectivity index (χ3v) is 13.6. The van der Waals surface area contributed by atoms with Crippen LogP contribution in [0.5, 0.6) is 0 Å². The normalized spacial score (nSPS) is 59.3. The molecule has 0 N–H and O–H groups in total. The van der Waals surface area contributed by atoms with Crippen LogP contribution < -0.4 is 0 Å². The fourth-order valence-corrected chi connectivity index (χ4v) is 11.4. The van der Waals surface area contributed by atoms with E-state index in [1.54, 1.807) is 0 Å². The smallest absolute Gasteiger partial charge is 0.0345 e. The zero-order valence-corrected chi connectivity index (χ0v) is 21.1. The lowest BCUT2D eigenvalue weighted by Gasteiger charge is -2.73. The zero-order valence-electron chi connectivity index (χ0n) is 21.1. The van der Waals surface area contributed by atoms with Crippen molar-refractivity contribution in [2.75, 3.05) is 0 Å². The maximum atomic E-state index is 6.27. The second-order valence-corrected chi connectivity index (χ2v) is 14.3. The van der Waals surface area contributed by atoms with Gasteiger partial charge >= 0.3 is 0 Å². The van der Waals surface area contributed by atoms with Crippen LogP contribution in [0.3, 0.4) is 0 Å². The molecule has 0 radical (unpaired) electrons. The van der Waals surface area contributed by atoms with Crippen molar-refractivity contribution in [2.45, 2.75) is 113 Å². The van der Waals surface area contributed by atoms with Crippen molar-refractivity contribution in [3.63, 3.8) is 0 Å². The summed E-state index contributed by atoms with van der Waals surface area (Å²) in [6, 6.07) is 0. The molecule has 5 saturated carbocycles. The lowest BCUT2D eigenvalue weighted by Crippen LogP contribution is -2.65. The molecule has 0 heteroatoms. The van der Waals surface area contributed by atoms with Gasteiger partial charge in [0.1, 0.15) is 0 Å². The van der Waals surface area contributed by atoms with Gasteiger partial charge in [-0.1, -0.05) is 54.4 Å². The molecule has 0 heterocycles. The van der Waals surface area contributed by atoms with E-state index >= 15 is 0 Å². The van der Waals surface area contributed by atoms with E-state index < -0.39 is 0 Å². The maximum Gasteiger partial charge on any atom is 0.0345 e. The monoisotopic (exact) mass is 408 g/mol. The Morgan fingerprint density at radius 2 is 1.43 bits per heavy atom. The summed E-state index contributed by atoms with van der Waals surface area (Å²) in [5.74, 6) is 8.57. The van der Waals surface area contributed by atoms with Crippen LogP contribution in [0.15, 0.2) is 0 Å². The molecule has 0 amide bonds. The molecular weight excluding hydrogens is 360 g/mol. The fourth-order valence-electron chi connectivity index (χ4n) is 11.4. The average Bonchev–Trinajstić information content (AvgIpc) is 3.03. The van der Waals surface area contributed by atoms with E-state index in [4.69, 9.17) is 6.42 Å². The van der Waals surface area contributed by atoms with Crippen LogP contribution in [-0.2, 0) is 0 Å². The quantitative estimate of drug-likeness (QED) is 0.353. The highest BCUT2D eigenvalue weighted by Gasteiger charge is 2.70. The van der Waals surface area contributed by atoms with E-state index in [9.17, 15) is 0 Å². The van der Waals surface area contributed by atoms with Crippen molar-refractivity contribution < 1.29 is 0 Å². The minimum Gasteiger partial charge on any atom is -0.120 e. The minimum atomic E-state index is 0.232. The molecule has 10 atom stereocenters. The van der Waals surface area contributed by atoms with Gasteiger partial charge in [-0.15, -0.1) is 6.42 Å². The van der Waals surface area contributed by atoms with E-state index in [0.717, 1.165) is 35.5 Å². The van der Waals surface area contributed by atoms with E-state index in [1.165, 1.54) is 64.2 Å². The topological polar surface area (TPSA) is 0 Å². The third-order valence-electron chi connectivity index (χ3n) is 13.6. The van der Waals surface area contributed by atoms with Gasteiger partial charge in [0.2, 0.25) is 0 Å². The molecule has 0 aliphatic heterocycles. The van der Waals surface area contributed by atoms with Crippen molar-refractivity contribution in [3.8, 4) is 12.3 Å². The molecule has 5 rings (SSSR count). The molecule has 10 unspecified atom stereocenters. The molecule has 0 aromatic carbocycles. The van der Waals surface area contributed by atoms with E-state index in [0.29, 0.717) is 21.7 Å². The number of hydrogen-bond donors (Lipinski definition) is 0. The molecule has 30 heavy (non-hydrogen) atoms. The molecule has 0 nitrogen and oxygen atoms in total. The first-order valence-corrected chi connectivity index (χ1v) is 13.4. The molecule has 168 valence electrons. The van der Waals surface area contributed by atoms with Crippen LogP contribution >= 0.6 is 0 Å². The predicted molar refractivity (Wildman–Crippen MR) is 128 cm³/mol. The van der Waals surface area contributed by atoms with E-state index in [1.807, 2.05) is 0 Å². The van der Waals surface area contributed by atoms with Crippen LogP contribution in [0.2, 0.25) is 0 Å². The second kappa shape index (κ2) is 6.33. The van der Waals surface area contributed by atoms with Gasteiger partial charge in [-0.25, -0.2) is 0 Å². The van der Waals surface area contributed by atoms with Gasteiger partial charge in [0.05, 0.1) is 0 Å². The first-order valence-electron chi connectivity index (χ1n) is 13.4. The van der Waals surface area contributed by atoms with E-state index in [2.05, 4.69) is 54.4 Å². The highest BCUT2D eigenvalue weighted by molar-refractivity contribution is 5.23. The van der Waals surface area contributed by atoms with Crippen LogP contribution in [0.1, 0.15) is 113 Å². The minimum absolute atomic E-state index is 0.232. The Kier molecular flexibility index (Phi) is 4.51. The van der Waals surface area contributed by atoms with Crippen molar-refractivity contribution in [3.05, 3.63) is 0 Å². The number of hydrogen-bond acceptors (Lipinski definition) is 0. The molecule has 5 aliphatic rings. The molecule has 5 fully saturated rings. The summed E-state index contributed by atoms with van der Waals surface area (Å²) in [6.45, 7) is 18.5. The first kappa shape index (κ1) is 21.4. The highest BCUT2D eigenvalue weighted by atomic mass is 14.7. The van der Waals surface area contributed by atoms with Gasteiger partial charge in [0, 0.05) is 5.41 Å². The van der Waals surface area contributed by atoms with Crippen molar-refractivity contribution in [1.82, 2.24) is 0 Å². The van der Waals surface area contributed by atoms with Gasteiger partial charge < -0.3 is 0 Å². The van der Waals surface area contributed by atoms with Crippen LogP contribution in [0, 0.1) is 74.9 Å². The van der Waals surface area contributed by atoms with Crippen LogP contribution in [0.4, 0.5) is 0 Å². The lowest BCUT2D eigenvalue weighted by atomic mass is 9.32. The Labute approximate surface area is 187 Å². The predicted octanol–water partition coefficient (Wildman–Crippen LogP) is 8.36. The standard InChI is InChI=1S/C30H48/c1-9-30-17-12-20(2)25(30)22-10-11-24-27(6)15-13-21(3)26(4,5)23(27)14-16-29(24,8)28(22,7)18-19-30/h1,20-25H,10-19H2,2-8H3. The second-order valence-electron chi connectivity index (χ2n) is 14.3. The van der Waals surface area contributed by atoms with Crippen LogP contribution in [-0.4, -0.2) is 0 Å². The van der Waals surface area contributed by atoms with Crippen molar-refractivity contribution in [2.24, 2.45) is 62.6 Å². The highest BCUT2D eigenvalue weighted by Crippen LogP contribution is 2.77. The summed E-state index contributed by atoms with van der Waals surface area (Å²) >= 11 is 0. The van der Waals surface area contributed by atoms with Gasteiger partial charge in [0.15, 0.2) is 0 Å². The average molecular weight is 409 g/mol. The molecule has 0 saturated heterocycles. The maximum absolute atomic E-state index is 6.27. The number of rotatable bonds is 0. The summed E-state index contributed by atoms with van der Waals surface area (Å²) in [7, 11) is 0. The zero-order chi connectivity index (χ0) is 21.7. The molecule has 5 aliphatic carbocycles. The van der Waals surface area contributed by atoms with Gasteiger partial charge in [-0.2, -0.15) is 0 Å². The van der Waals surface area contributed by atoms with Crippen molar-refractivity contribution >= 4 is 0 Å². The Hall–Kier alpha value is -0.440. The molecule has 0 aromatic heterocycles. The number of fused-ring (bicyclic) bond motifs is 7. The first-order chi connectivity index (χ1) is 14.0.